The van der Waals surface area contributed by atoms with E-state index in [9.17, 15) is 13.2 Å². The first-order valence-electron chi connectivity index (χ1n) is 6.41. The highest BCUT2D eigenvalue weighted by molar-refractivity contribution is 5.45. The molecule has 5 nitrogen and oxygen atoms in total. The van der Waals surface area contributed by atoms with Gasteiger partial charge in [-0.25, -0.2) is 9.67 Å². The molecule has 21 heavy (non-hydrogen) atoms. The fraction of sp³-hybridized carbons (Fsp3) is 0.385. The highest BCUT2D eigenvalue weighted by atomic mass is 19.4. The summed E-state index contributed by atoms with van der Waals surface area (Å²) in [4.78, 5) is 3.79. The van der Waals surface area contributed by atoms with Gasteiger partial charge in [0.1, 0.15) is 0 Å². The minimum atomic E-state index is -4.40. The van der Waals surface area contributed by atoms with E-state index >= 15 is 0 Å². The molecule has 2 aromatic heterocycles. The van der Waals surface area contributed by atoms with Crippen LogP contribution in [0.15, 0.2) is 24.5 Å². The number of pyridine rings is 1. The van der Waals surface area contributed by atoms with Crippen LogP contribution < -0.4 is 5.73 Å². The fourth-order valence-electron chi connectivity index (χ4n) is 2.27. The summed E-state index contributed by atoms with van der Waals surface area (Å²) in [6.07, 6.45) is -1.22. The second kappa shape index (κ2) is 5.03. The SMILES string of the molecule is Nc1cn(-c2ccc(C(F)(F)F)cn2)nc1C1CCOC1. The molecule has 2 N–H and O–H groups in total. The number of rotatable bonds is 2. The van der Waals surface area contributed by atoms with Crippen LogP contribution in [0.1, 0.15) is 23.6 Å². The molecule has 3 rings (SSSR count). The Kier molecular flexibility index (Phi) is 3.32. The maximum absolute atomic E-state index is 12.5. The lowest BCUT2D eigenvalue weighted by Gasteiger charge is -2.07. The molecule has 112 valence electrons. The summed E-state index contributed by atoms with van der Waals surface area (Å²) in [6, 6.07) is 2.24. The van der Waals surface area contributed by atoms with Gasteiger partial charge in [0.05, 0.1) is 29.7 Å². The molecule has 8 heteroatoms. The van der Waals surface area contributed by atoms with Crippen molar-refractivity contribution >= 4 is 5.69 Å². The zero-order valence-electron chi connectivity index (χ0n) is 11.0. The van der Waals surface area contributed by atoms with Gasteiger partial charge < -0.3 is 10.5 Å². The number of aromatic nitrogens is 3. The van der Waals surface area contributed by atoms with Gasteiger partial charge in [-0.3, -0.25) is 0 Å². The summed E-state index contributed by atoms with van der Waals surface area (Å²) in [5.74, 6) is 0.417. The van der Waals surface area contributed by atoms with Crippen LogP contribution in [0.25, 0.3) is 5.82 Å². The van der Waals surface area contributed by atoms with E-state index in [1.165, 1.54) is 10.7 Å². The molecule has 0 spiro atoms. The Balaban J connectivity index is 1.88. The van der Waals surface area contributed by atoms with Crippen molar-refractivity contribution in [1.29, 1.82) is 0 Å². The Morgan fingerprint density at radius 2 is 2.14 bits per heavy atom. The zero-order valence-corrected chi connectivity index (χ0v) is 11.0. The van der Waals surface area contributed by atoms with Crippen LogP contribution in [0.3, 0.4) is 0 Å². The van der Waals surface area contributed by atoms with Gasteiger partial charge in [0.15, 0.2) is 5.82 Å². The second-order valence-corrected chi connectivity index (χ2v) is 4.88. The number of hydrogen-bond acceptors (Lipinski definition) is 4. The molecule has 0 saturated carbocycles. The standard InChI is InChI=1S/C13H13F3N4O/c14-13(15,16)9-1-2-11(18-5-9)20-6-10(17)12(19-20)8-3-4-21-7-8/h1-2,5-6,8H,3-4,7,17H2. The number of alkyl halides is 3. The van der Waals surface area contributed by atoms with Crippen molar-refractivity contribution in [2.45, 2.75) is 18.5 Å². The van der Waals surface area contributed by atoms with Gasteiger partial charge in [-0.2, -0.15) is 18.3 Å². The Bertz CT molecular complexity index is 630. The van der Waals surface area contributed by atoms with Crippen LogP contribution in [0, 0.1) is 0 Å². The van der Waals surface area contributed by atoms with Crippen LogP contribution >= 0.6 is 0 Å². The number of ether oxygens (including phenoxy) is 1. The van der Waals surface area contributed by atoms with E-state index in [0.717, 1.165) is 18.7 Å². The number of halogens is 3. The third kappa shape index (κ3) is 2.71. The van der Waals surface area contributed by atoms with Gasteiger partial charge >= 0.3 is 6.18 Å². The second-order valence-electron chi connectivity index (χ2n) is 4.88. The lowest BCUT2D eigenvalue weighted by molar-refractivity contribution is -0.137. The first kappa shape index (κ1) is 13.9. The van der Waals surface area contributed by atoms with Crippen LogP contribution in [0.2, 0.25) is 0 Å². The molecular formula is C13H13F3N4O. The summed E-state index contributed by atoms with van der Waals surface area (Å²) in [5, 5.41) is 4.32. The smallest absolute Gasteiger partial charge is 0.396 e. The predicted octanol–water partition coefficient (Wildman–Crippen LogP) is 2.37. The lowest BCUT2D eigenvalue weighted by atomic mass is 10.0. The van der Waals surface area contributed by atoms with Crippen molar-refractivity contribution in [3.63, 3.8) is 0 Å². The van der Waals surface area contributed by atoms with Crippen LogP contribution in [-0.4, -0.2) is 28.0 Å². The highest BCUT2D eigenvalue weighted by Gasteiger charge is 2.31. The van der Waals surface area contributed by atoms with Gasteiger partial charge in [0.25, 0.3) is 0 Å². The molecule has 1 atom stereocenters. The summed E-state index contributed by atoms with van der Waals surface area (Å²) < 4.78 is 44.2. The van der Waals surface area contributed by atoms with E-state index in [2.05, 4.69) is 10.1 Å². The summed E-state index contributed by atoms with van der Waals surface area (Å²) in [7, 11) is 0. The van der Waals surface area contributed by atoms with Crippen molar-refractivity contribution in [2.24, 2.45) is 0 Å². The quantitative estimate of drug-likeness (QED) is 0.924. The molecule has 1 unspecified atom stereocenters. The van der Waals surface area contributed by atoms with Gasteiger partial charge in [0, 0.05) is 18.7 Å². The molecule has 1 fully saturated rings. The Morgan fingerprint density at radius 1 is 1.33 bits per heavy atom. The number of hydrogen-bond donors (Lipinski definition) is 1. The monoisotopic (exact) mass is 298 g/mol. The maximum atomic E-state index is 12.5. The van der Waals surface area contributed by atoms with E-state index in [-0.39, 0.29) is 5.92 Å². The van der Waals surface area contributed by atoms with E-state index in [1.54, 1.807) is 6.20 Å². The summed E-state index contributed by atoms with van der Waals surface area (Å²) >= 11 is 0. The molecule has 1 saturated heterocycles. The minimum Gasteiger partial charge on any atom is -0.396 e. The molecule has 0 bridgehead atoms. The molecule has 0 aliphatic carbocycles. The number of nitrogens with two attached hydrogens (primary N) is 1. The number of nitrogen functional groups attached to an aromatic ring is 1. The average Bonchev–Trinajstić information content (AvgIpc) is 3.07. The third-order valence-corrected chi connectivity index (χ3v) is 3.40. The van der Waals surface area contributed by atoms with Crippen LogP contribution in [0.4, 0.5) is 18.9 Å². The molecule has 0 radical (unpaired) electrons. The molecule has 0 amide bonds. The maximum Gasteiger partial charge on any atom is 0.417 e. The van der Waals surface area contributed by atoms with E-state index < -0.39 is 11.7 Å². The van der Waals surface area contributed by atoms with Crippen LogP contribution in [0.5, 0.6) is 0 Å². The van der Waals surface area contributed by atoms with Gasteiger partial charge in [-0.1, -0.05) is 0 Å². The van der Waals surface area contributed by atoms with E-state index in [0.29, 0.717) is 30.4 Å². The molecule has 3 heterocycles. The average molecular weight is 298 g/mol. The zero-order chi connectivity index (χ0) is 15.0. The normalized spacial score (nSPS) is 19.1. The molecule has 0 aromatic carbocycles. The van der Waals surface area contributed by atoms with Crippen molar-refractivity contribution in [3.05, 3.63) is 35.8 Å². The summed E-state index contributed by atoms with van der Waals surface area (Å²) in [5.41, 5.74) is 6.31. The van der Waals surface area contributed by atoms with E-state index in [4.69, 9.17) is 10.5 Å². The van der Waals surface area contributed by atoms with Crippen molar-refractivity contribution in [2.75, 3.05) is 18.9 Å². The van der Waals surface area contributed by atoms with Gasteiger partial charge in [-0.15, -0.1) is 0 Å². The van der Waals surface area contributed by atoms with Gasteiger partial charge in [0.2, 0.25) is 0 Å². The Morgan fingerprint density at radius 3 is 2.71 bits per heavy atom. The third-order valence-electron chi connectivity index (χ3n) is 3.40. The molecular weight excluding hydrogens is 285 g/mol. The first-order chi connectivity index (χ1) is 9.95. The Hall–Kier alpha value is -2.09. The topological polar surface area (TPSA) is 66.0 Å². The van der Waals surface area contributed by atoms with E-state index in [1.807, 2.05) is 0 Å². The predicted molar refractivity (Wildman–Crippen MR) is 69.0 cm³/mol. The Labute approximate surface area is 118 Å². The largest absolute Gasteiger partial charge is 0.417 e. The number of nitrogens with zero attached hydrogens (tertiary/aromatic N) is 3. The van der Waals surface area contributed by atoms with Crippen LogP contribution in [-0.2, 0) is 10.9 Å². The highest BCUT2D eigenvalue weighted by Crippen LogP contribution is 2.30. The van der Waals surface area contributed by atoms with Crippen molar-refractivity contribution in [1.82, 2.24) is 14.8 Å². The molecule has 1 aliphatic rings. The lowest BCUT2D eigenvalue weighted by Crippen LogP contribution is -2.07. The molecule has 1 aliphatic heterocycles. The fourth-order valence-corrected chi connectivity index (χ4v) is 2.27. The van der Waals surface area contributed by atoms with Gasteiger partial charge in [-0.05, 0) is 18.6 Å². The first-order valence-corrected chi connectivity index (χ1v) is 6.41. The molecule has 2 aromatic rings. The number of anilines is 1. The van der Waals surface area contributed by atoms with Crippen molar-refractivity contribution < 1.29 is 17.9 Å². The minimum absolute atomic E-state index is 0.126. The summed E-state index contributed by atoms with van der Waals surface area (Å²) in [6.45, 7) is 1.22. The van der Waals surface area contributed by atoms with Crippen molar-refractivity contribution in [3.8, 4) is 5.82 Å².